The maximum absolute atomic E-state index is 4.34. The number of hydrogen-bond acceptors (Lipinski definition) is 4. The molecule has 5 nitrogen and oxygen atoms in total. The van der Waals surface area contributed by atoms with E-state index in [0.29, 0.717) is 6.54 Å². The predicted octanol–water partition coefficient (Wildman–Crippen LogP) is 1.07. The molecule has 0 saturated heterocycles. The lowest BCUT2D eigenvalue weighted by atomic mass is 10.4. The molecule has 0 unspecified atom stereocenters. The first-order chi connectivity index (χ1) is 7.28. The van der Waals surface area contributed by atoms with Crippen molar-refractivity contribution in [3.05, 3.63) is 36.0 Å². The van der Waals surface area contributed by atoms with Crippen LogP contribution in [0.4, 0.5) is 5.82 Å². The highest BCUT2D eigenvalue weighted by atomic mass is 15.3. The van der Waals surface area contributed by atoms with Crippen LogP contribution in [0.3, 0.4) is 0 Å². The lowest BCUT2D eigenvalue weighted by Crippen LogP contribution is -2.07. The summed E-state index contributed by atoms with van der Waals surface area (Å²) >= 11 is 0. The Morgan fingerprint density at radius 1 is 1.40 bits per heavy atom. The monoisotopic (exact) mass is 203 g/mol. The highest BCUT2D eigenvalue weighted by molar-refractivity contribution is 5.34. The Hall–Kier alpha value is -1.91. The first-order valence-electron chi connectivity index (χ1n) is 4.77. The van der Waals surface area contributed by atoms with Gasteiger partial charge in [0.05, 0.1) is 0 Å². The largest absolute Gasteiger partial charge is 0.373 e. The Kier molecular flexibility index (Phi) is 2.62. The molecule has 2 heterocycles. The minimum absolute atomic E-state index is 0.601. The number of nitrogens with one attached hydrogen (secondary N) is 1. The van der Waals surface area contributed by atoms with E-state index in [0.717, 1.165) is 17.3 Å². The van der Waals surface area contributed by atoms with Crippen LogP contribution in [0.25, 0.3) is 0 Å². The van der Waals surface area contributed by atoms with Gasteiger partial charge in [0.2, 0.25) is 0 Å². The first-order valence-corrected chi connectivity index (χ1v) is 4.77. The van der Waals surface area contributed by atoms with E-state index in [-0.39, 0.29) is 0 Å². The lowest BCUT2D eigenvalue weighted by Gasteiger charge is -2.05. The maximum atomic E-state index is 4.34. The van der Waals surface area contributed by atoms with Crippen LogP contribution in [0.15, 0.2) is 24.5 Å². The zero-order valence-electron chi connectivity index (χ0n) is 8.81. The van der Waals surface area contributed by atoms with Crippen LogP contribution in [0.2, 0.25) is 0 Å². The molecule has 78 valence electrons. The summed E-state index contributed by atoms with van der Waals surface area (Å²) in [5, 5.41) is 7.12. The van der Waals surface area contributed by atoms with Gasteiger partial charge >= 0.3 is 0 Å². The van der Waals surface area contributed by atoms with E-state index in [1.54, 1.807) is 10.9 Å². The first kappa shape index (κ1) is 9.64. The van der Waals surface area contributed by atoms with Crippen LogP contribution in [0.5, 0.6) is 0 Å². The molecule has 0 radical (unpaired) electrons. The van der Waals surface area contributed by atoms with Crippen molar-refractivity contribution < 1.29 is 0 Å². The van der Waals surface area contributed by atoms with Gasteiger partial charge in [-0.2, -0.15) is 5.10 Å². The summed E-state index contributed by atoms with van der Waals surface area (Å²) in [5.41, 5.74) is 0.955. The second kappa shape index (κ2) is 4.08. The number of hydrogen-bond donors (Lipinski definition) is 1. The van der Waals surface area contributed by atoms with Gasteiger partial charge in [-0.3, -0.25) is 4.68 Å². The molecule has 0 aliphatic heterocycles. The number of nitrogens with zero attached hydrogens (tertiary/aromatic N) is 4. The minimum Gasteiger partial charge on any atom is -0.373 e. The molecule has 0 bridgehead atoms. The highest BCUT2D eigenvalue weighted by Crippen LogP contribution is 2.05. The van der Waals surface area contributed by atoms with Crippen LogP contribution in [0, 0.1) is 6.92 Å². The highest BCUT2D eigenvalue weighted by Gasteiger charge is 2.01. The molecule has 1 N–H and O–H groups in total. The average Bonchev–Trinajstić information content (AvgIpc) is 2.69. The topological polar surface area (TPSA) is 55.6 Å². The second-order valence-electron chi connectivity index (χ2n) is 3.26. The minimum atomic E-state index is 0.601. The lowest BCUT2D eigenvalue weighted by molar-refractivity contribution is 0.653. The van der Waals surface area contributed by atoms with Crippen LogP contribution in [0.1, 0.15) is 11.5 Å². The fraction of sp³-hybridized carbons (Fsp3) is 0.300. The van der Waals surface area contributed by atoms with Gasteiger partial charge in [0.15, 0.2) is 5.82 Å². The smallest absolute Gasteiger partial charge is 0.152 e. The molecule has 0 spiro atoms. The van der Waals surface area contributed by atoms with Crippen molar-refractivity contribution in [1.82, 2.24) is 19.7 Å². The quantitative estimate of drug-likeness (QED) is 0.810. The molecule has 0 fully saturated rings. The summed E-state index contributed by atoms with van der Waals surface area (Å²) in [6, 6.07) is 3.79. The summed E-state index contributed by atoms with van der Waals surface area (Å²) in [6.45, 7) is 2.55. The average molecular weight is 203 g/mol. The van der Waals surface area contributed by atoms with Gasteiger partial charge in [-0.15, -0.1) is 0 Å². The molecular formula is C10H13N5. The molecule has 15 heavy (non-hydrogen) atoms. The number of anilines is 1. The molecule has 2 aromatic rings. The molecule has 0 amide bonds. The normalized spacial score (nSPS) is 10.3. The summed E-state index contributed by atoms with van der Waals surface area (Å²) in [5.74, 6) is 1.60. The fourth-order valence-corrected chi connectivity index (χ4v) is 1.37. The van der Waals surface area contributed by atoms with Gasteiger partial charge in [0.1, 0.15) is 12.4 Å². The third-order valence-corrected chi connectivity index (χ3v) is 2.02. The summed E-state index contributed by atoms with van der Waals surface area (Å²) < 4.78 is 1.80. The Labute approximate surface area is 88.2 Å². The third-order valence-electron chi connectivity index (χ3n) is 2.02. The summed E-state index contributed by atoms with van der Waals surface area (Å²) in [6.07, 6.45) is 3.64. The molecule has 2 aromatic heterocycles. The molecule has 0 aromatic carbocycles. The summed E-state index contributed by atoms with van der Waals surface area (Å²) in [7, 11) is 1.85. The standard InChI is InChI=1S/C10H13N5/c1-8-6-9(11-2)14-10(13-8)7-15-5-3-4-12-15/h3-6H,7H2,1-2H3,(H,11,13,14). The van der Waals surface area contributed by atoms with Crippen molar-refractivity contribution in [3.63, 3.8) is 0 Å². The molecule has 0 aliphatic carbocycles. The van der Waals surface area contributed by atoms with Crippen molar-refractivity contribution in [2.45, 2.75) is 13.5 Å². The van der Waals surface area contributed by atoms with Crippen LogP contribution in [-0.2, 0) is 6.54 Å². The Balaban J connectivity index is 2.24. The Morgan fingerprint density at radius 2 is 2.27 bits per heavy atom. The number of aromatic nitrogens is 4. The van der Waals surface area contributed by atoms with Crippen LogP contribution >= 0.6 is 0 Å². The second-order valence-corrected chi connectivity index (χ2v) is 3.26. The molecule has 2 rings (SSSR count). The van der Waals surface area contributed by atoms with E-state index in [4.69, 9.17) is 0 Å². The zero-order valence-corrected chi connectivity index (χ0v) is 8.81. The van der Waals surface area contributed by atoms with Crippen molar-refractivity contribution in [3.8, 4) is 0 Å². The van der Waals surface area contributed by atoms with E-state index < -0.39 is 0 Å². The van der Waals surface area contributed by atoms with E-state index in [2.05, 4.69) is 20.4 Å². The van der Waals surface area contributed by atoms with Crippen LogP contribution < -0.4 is 5.32 Å². The van der Waals surface area contributed by atoms with E-state index in [1.807, 2.05) is 32.3 Å². The predicted molar refractivity (Wildman–Crippen MR) is 57.6 cm³/mol. The van der Waals surface area contributed by atoms with Crippen molar-refractivity contribution in [2.75, 3.05) is 12.4 Å². The summed E-state index contributed by atoms with van der Waals surface area (Å²) in [4.78, 5) is 8.69. The number of rotatable bonds is 3. The van der Waals surface area contributed by atoms with E-state index in [1.165, 1.54) is 0 Å². The van der Waals surface area contributed by atoms with Crippen molar-refractivity contribution >= 4 is 5.82 Å². The zero-order chi connectivity index (χ0) is 10.7. The molecular weight excluding hydrogens is 190 g/mol. The Bertz CT molecular complexity index is 435. The number of aryl methyl sites for hydroxylation is 1. The fourth-order valence-electron chi connectivity index (χ4n) is 1.37. The molecule has 0 atom stereocenters. The van der Waals surface area contributed by atoms with Gasteiger partial charge in [0, 0.05) is 31.2 Å². The van der Waals surface area contributed by atoms with Gasteiger partial charge in [0.25, 0.3) is 0 Å². The van der Waals surface area contributed by atoms with Crippen LogP contribution in [-0.4, -0.2) is 26.8 Å². The maximum Gasteiger partial charge on any atom is 0.152 e. The van der Waals surface area contributed by atoms with Gasteiger partial charge in [-0.05, 0) is 13.0 Å². The van der Waals surface area contributed by atoms with Gasteiger partial charge < -0.3 is 5.32 Å². The molecule has 5 heteroatoms. The van der Waals surface area contributed by atoms with Crippen molar-refractivity contribution in [1.29, 1.82) is 0 Å². The van der Waals surface area contributed by atoms with E-state index >= 15 is 0 Å². The third kappa shape index (κ3) is 2.31. The van der Waals surface area contributed by atoms with E-state index in [9.17, 15) is 0 Å². The molecule has 0 aliphatic rings. The van der Waals surface area contributed by atoms with Gasteiger partial charge in [-0.1, -0.05) is 0 Å². The Morgan fingerprint density at radius 3 is 2.93 bits per heavy atom. The van der Waals surface area contributed by atoms with Gasteiger partial charge in [-0.25, -0.2) is 9.97 Å². The molecule has 0 saturated carbocycles. The SMILES string of the molecule is CNc1cc(C)nc(Cn2cccn2)n1. The van der Waals surface area contributed by atoms with Crippen molar-refractivity contribution in [2.24, 2.45) is 0 Å².